The largest absolute Gasteiger partial charge is 0.457 e. The Morgan fingerprint density at radius 2 is 1.43 bits per heavy atom. The molecular formula is C27H26BrN3O6. The van der Waals surface area contributed by atoms with Gasteiger partial charge in [-0.15, -0.1) is 0 Å². The number of rotatable bonds is 9. The molecule has 0 unspecified atom stereocenters. The van der Waals surface area contributed by atoms with E-state index in [1.54, 1.807) is 48.5 Å². The van der Waals surface area contributed by atoms with Gasteiger partial charge in [-0.25, -0.2) is 0 Å². The van der Waals surface area contributed by atoms with Crippen molar-refractivity contribution in [2.24, 2.45) is 0 Å². The van der Waals surface area contributed by atoms with Gasteiger partial charge < -0.3 is 14.8 Å². The van der Waals surface area contributed by atoms with Crippen molar-refractivity contribution in [2.75, 3.05) is 11.9 Å². The van der Waals surface area contributed by atoms with Gasteiger partial charge in [-0.1, -0.05) is 22.0 Å². The maximum absolute atomic E-state index is 12.2. The van der Waals surface area contributed by atoms with Crippen molar-refractivity contribution in [1.82, 2.24) is 10.9 Å². The van der Waals surface area contributed by atoms with E-state index in [4.69, 9.17) is 9.47 Å². The Morgan fingerprint density at radius 1 is 0.757 bits per heavy atom. The normalized spacial score (nSPS) is 10.2. The standard InChI is InChI=1S/C27H26BrN3O6/c1-17-3-10-23(15-18(17)2)37-22-11-8-21(9-12-22)29-24(32)13-14-26(34)36-16-25(33)30-31-27(35)19-4-6-20(28)7-5-19/h3-12,15H,13-14,16H2,1-2H3,(H,29,32)(H,30,33)(H,31,35). The second-order valence-corrected chi connectivity index (χ2v) is 9.01. The highest BCUT2D eigenvalue weighted by Crippen LogP contribution is 2.25. The van der Waals surface area contributed by atoms with Crippen molar-refractivity contribution < 1.29 is 28.7 Å². The molecule has 0 bridgehead atoms. The number of hydrogen-bond acceptors (Lipinski definition) is 6. The summed E-state index contributed by atoms with van der Waals surface area (Å²) in [6.45, 7) is 3.45. The van der Waals surface area contributed by atoms with Crippen LogP contribution in [0.15, 0.2) is 71.2 Å². The average molecular weight is 568 g/mol. The monoisotopic (exact) mass is 567 g/mol. The van der Waals surface area contributed by atoms with Crippen LogP contribution in [0, 0.1) is 13.8 Å². The van der Waals surface area contributed by atoms with E-state index in [0.717, 1.165) is 15.8 Å². The number of aryl methyl sites for hydroxylation is 2. The van der Waals surface area contributed by atoms with Gasteiger partial charge in [0.05, 0.1) is 6.42 Å². The molecule has 3 rings (SSSR count). The van der Waals surface area contributed by atoms with Crippen LogP contribution in [-0.2, 0) is 19.1 Å². The second kappa shape index (κ2) is 13.2. The summed E-state index contributed by atoms with van der Waals surface area (Å²) in [4.78, 5) is 47.8. The SMILES string of the molecule is Cc1ccc(Oc2ccc(NC(=O)CCC(=O)OCC(=O)NNC(=O)c3ccc(Br)cc3)cc2)cc1C. The molecule has 0 atom stereocenters. The first-order chi connectivity index (χ1) is 17.7. The number of anilines is 1. The highest BCUT2D eigenvalue weighted by atomic mass is 79.9. The lowest BCUT2D eigenvalue weighted by Gasteiger charge is -2.10. The summed E-state index contributed by atoms with van der Waals surface area (Å²) in [5.41, 5.74) is 7.58. The van der Waals surface area contributed by atoms with E-state index in [2.05, 4.69) is 32.1 Å². The van der Waals surface area contributed by atoms with Crippen LogP contribution in [-0.4, -0.2) is 30.3 Å². The average Bonchev–Trinajstić information content (AvgIpc) is 2.88. The number of amides is 3. The van der Waals surface area contributed by atoms with Gasteiger partial charge in [-0.05, 0) is 85.6 Å². The first-order valence-corrected chi connectivity index (χ1v) is 12.1. The van der Waals surface area contributed by atoms with E-state index >= 15 is 0 Å². The lowest BCUT2D eigenvalue weighted by Crippen LogP contribution is -2.43. The molecule has 0 saturated heterocycles. The van der Waals surface area contributed by atoms with Gasteiger partial charge in [0, 0.05) is 22.1 Å². The number of carbonyl (C=O) groups excluding carboxylic acids is 4. The molecule has 3 N–H and O–H groups in total. The van der Waals surface area contributed by atoms with Gasteiger partial charge in [0.2, 0.25) is 5.91 Å². The molecule has 0 aliphatic heterocycles. The molecule has 0 aliphatic carbocycles. The van der Waals surface area contributed by atoms with Crippen molar-refractivity contribution in [3.63, 3.8) is 0 Å². The summed E-state index contributed by atoms with van der Waals surface area (Å²) in [7, 11) is 0. The van der Waals surface area contributed by atoms with E-state index in [-0.39, 0.29) is 18.7 Å². The Hall–Kier alpha value is -4.18. The Bertz CT molecular complexity index is 1280. The lowest BCUT2D eigenvalue weighted by atomic mass is 10.1. The van der Waals surface area contributed by atoms with Crippen molar-refractivity contribution in [1.29, 1.82) is 0 Å². The summed E-state index contributed by atoms with van der Waals surface area (Å²) >= 11 is 3.27. The summed E-state index contributed by atoms with van der Waals surface area (Å²) < 4.78 is 11.5. The first kappa shape index (κ1) is 27.4. The molecule has 0 spiro atoms. The molecule has 0 aliphatic rings. The van der Waals surface area contributed by atoms with E-state index < -0.39 is 24.4 Å². The number of carbonyl (C=O) groups is 4. The van der Waals surface area contributed by atoms with Gasteiger partial charge in [0.1, 0.15) is 11.5 Å². The summed E-state index contributed by atoms with van der Waals surface area (Å²) in [5, 5.41) is 2.69. The Morgan fingerprint density at radius 3 is 2.11 bits per heavy atom. The number of hydrogen-bond donors (Lipinski definition) is 3. The number of hydrazine groups is 1. The van der Waals surface area contributed by atoms with E-state index in [1.165, 1.54) is 5.56 Å². The van der Waals surface area contributed by atoms with Crippen LogP contribution in [0.3, 0.4) is 0 Å². The minimum absolute atomic E-state index is 0.123. The third-order valence-electron chi connectivity index (χ3n) is 5.19. The van der Waals surface area contributed by atoms with Crippen molar-refractivity contribution >= 4 is 45.3 Å². The topological polar surface area (TPSA) is 123 Å². The van der Waals surface area contributed by atoms with E-state index in [9.17, 15) is 19.2 Å². The molecule has 0 heterocycles. The molecule has 9 nitrogen and oxygen atoms in total. The number of halogens is 1. The summed E-state index contributed by atoms with van der Waals surface area (Å²) in [5.74, 6) is -0.997. The lowest BCUT2D eigenvalue weighted by molar-refractivity contribution is -0.149. The van der Waals surface area contributed by atoms with Gasteiger partial charge >= 0.3 is 5.97 Å². The fourth-order valence-corrected chi connectivity index (χ4v) is 3.28. The van der Waals surface area contributed by atoms with Gasteiger partial charge in [-0.2, -0.15) is 0 Å². The van der Waals surface area contributed by atoms with Crippen molar-refractivity contribution in [2.45, 2.75) is 26.7 Å². The number of ether oxygens (including phenoxy) is 2. The fraction of sp³-hybridized carbons (Fsp3) is 0.185. The molecule has 192 valence electrons. The zero-order valence-electron chi connectivity index (χ0n) is 20.3. The van der Waals surface area contributed by atoms with Crippen LogP contribution in [0.1, 0.15) is 34.3 Å². The summed E-state index contributed by atoms with van der Waals surface area (Å²) in [6, 6.07) is 19.2. The molecule has 3 aromatic carbocycles. The fourth-order valence-electron chi connectivity index (χ4n) is 3.01. The summed E-state index contributed by atoms with van der Waals surface area (Å²) in [6.07, 6.45) is -0.333. The quantitative estimate of drug-likeness (QED) is 0.257. The predicted molar refractivity (Wildman–Crippen MR) is 141 cm³/mol. The molecule has 0 fully saturated rings. The van der Waals surface area contributed by atoms with E-state index in [0.29, 0.717) is 17.0 Å². The zero-order valence-corrected chi connectivity index (χ0v) is 21.9. The maximum Gasteiger partial charge on any atom is 0.306 e. The van der Waals surface area contributed by atoms with Crippen LogP contribution in [0.5, 0.6) is 11.5 Å². The minimum atomic E-state index is -0.721. The van der Waals surface area contributed by atoms with Crippen LogP contribution in [0.4, 0.5) is 5.69 Å². The molecule has 3 aromatic rings. The maximum atomic E-state index is 12.2. The molecule has 3 amide bonds. The highest BCUT2D eigenvalue weighted by Gasteiger charge is 2.12. The number of esters is 1. The van der Waals surface area contributed by atoms with Gasteiger partial charge in [0.25, 0.3) is 11.8 Å². The van der Waals surface area contributed by atoms with Gasteiger partial charge in [0.15, 0.2) is 6.61 Å². The number of benzene rings is 3. The van der Waals surface area contributed by atoms with Crippen LogP contribution in [0.25, 0.3) is 0 Å². The van der Waals surface area contributed by atoms with Crippen LogP contribution < -0.4 is 20.9 Å². The minimum Gasteiger partial charge on any atom is -0.457 e. The smallest absolute Gasteiger partial charge is 0.306 e. The predicted octanol–water partition coefficient (Wildman–Crippen LogP) is 4.58. The third-order valence-corrected chi connectivity index (χ3v) is 5.72. The first-order valence-electron chi connectivity index (χ1n) is 11.3. The van der Waals surface area contributed by atoms with E-state index in [1.807, 2.05) is 32.0 Å². The van der Waals surface area contributed by atoms with Crippen LogP contribution >= 0.6 is 15.9 Å². The second-order valence-electron chi connectivity index (χ2n) is 8.09. The van der Waals surface area contributed by atoms with Crippen molar-refractivity contribution in [3.05, 3.63) is 87.9 Å². The Balaban J connectivity index is 1.33. The highest BCUT2D eigenvalue weighted by molar-refractivity contribution is 9.10. The molecule has 0 saturated carbocycles. The Labute approximate surface area is 222 Å². The van der Waals surface area contributed by atoms with Gasteiger partial charge in [-0.3, -0.25) is 30.0 Å². The van der Waals surface area contributed by atoms with Crippen molar-refractivity contribution in [3.8, 4) is 11.5 Å². The molecular weight excluding hydrogens is 542 g/mol. The molecule has 10 heteroatoms. The third kappa shape index (κ3) is 9.08. The molecule has 37 heavy (non-hydrogen) atoms. The molecule has 0 aromatic heterocycles. The number of nitrogens with one attached hydrogen (secondary N) is 3. The molecule has 0 radical (unpaired) electrons. The zero-order chi connectivity index (χ0) is 26.8. The van der Waals surface area contributed by atoms with Crippen LogP contribution in [0.2, 0.25) is 0 Å². The Kier molecular flexibility index (Phi) is 9.79.